The van der Waals surface area contributed by atoms with Gasteiger partial charge in [-0.1, -0.05) is 20.8 Å². The van der Waals surface area contributed by atoms with Gasteiger partial charge in [0.2, 0.25) is 0 Å². The van der Waals surface area contributed by atoms with E-state index in [1.807, 2.05) is 0 Å². The van der Waals surface area contributed by atoms with E-state index in [1.54, 1.807) is 0 Å². The molecule has 0 aromatic carbocycles. The molecule has 1 heteroatoms. The van der Waals surface area contributed by atoms with Crippen LogP contribution in [-0.4, -0.2) is 4.75 Å². The minimum Gasteiger partial charge on any atom is -0.172 e. The van der Waals surface area contributed by atoms with Crippen LogP contribution in [0.3, 0.4) is 0 Å². The van der Waals surface area contributed by atoms with Gasteiger partial charge in [0.1, 0.15) is 0 Å². The molecule has 2 aliphatic rings. The van der Waals surface area contributed by atoms with Gasteiger partial charge in [0.15, 0.2) is 0 Å². The van der Waals surface area contributed by atoms with Crippen molar-refractivity contribution in [3.05, 3.63) is 0 Å². The first-order valence-corrected chi connectivity index (χ1v) is 5.16. The summed E-state index contributed by atoms with van der Waals surface area (Å²) < 4.78 is 0.342. The molecule has 0 aromatic heterocycles. The lowest BCUT2D eigenvalue weighted by molar-refractivity contribution is -0.119. The Morgan fingerprint density at radius 1 is 1.36 bits per heavy atom. The van der Waals surface area contributed by atoms with Crippen LogP contribution in [0.1, 0.15) is 40.0 Å². The third kappa shape index (κ3) is 0.783. The van der Waals surface area contributed by atoms with Crippen LogP contribution in [0.15, 0.2) is 0 Å². The average molecular weight is 170 g/mol. The van der Waals surface area contributed by atoms with Crippen LogP contribution in [0, 0.1) is 17.3 Å². The van der Waals surface area contributed by atoms with Crippen LogP contribution in [0.4, 0.5) is 0 Å². The van der Waals surface area contributed by atoms with E-state index >= 15 is 0 Å². The molecular formula is C10H18S. The first-order valence-electron chi connectivity index (χ1n) is 4.71. The quantitative estimate of drug-likeness (QED) is 0.531. The van der Waals surface area contributed by atoms with Crippen molar-refractivity contribution in [1.82, 2.24) is 0 Å². The Morgan fingerprint density at radius 3 is 2.09 bits per heavy atom. The van der Waals surface area contributed by atoms with E-state index in [1.165, 1.54) is 19.3 Å². The summed E-state index contributed by atoms with van der Waals surface area (Å²) in [4.78, 5) is 0. The average Bonchev–Trinajstić information content (AvgIpc) is 1.96. The molecule has 0 aromatic rings. The molecule has 0 saturated heterocycles. The Balaban J connectivity index is 2.11. The fourth-order valence-corrected chi connectivity index (χ4v) is 3.72. The largest absolute Gasteiger partial charge is 0.172 e. The second-order valence-corrected chi connectivity index (χ2v) is 5.95. The zero-order valence-electron chi connectivity index (χ0n) is 7.72. The van der Waals surface area contributed by atoms with Crippen molar-refractivity contribution < 1.29 is 0 Å². The minimum atomic E-state index is 0.342. The van der Waals surface area contributed by atoms with Gasteiger partial charge in [-0.15, -0.1) is 0 Å². The van der Waals surface area contributed by atoms with Crippen molar-refractivity contribution in [2.45, 2.75) is 44.8 Å². The van der Waals surface area contributed by atoms with E-state index in [9.17, 15) is 0 Å². The summed E-state index contributed by atoms with van der Waals surface area (Å²) in [5.74, 6) is 1.81. The van der Waals surface area contributed by atoms with Crippen molar-refractivity contribution >= 4 is 12.6 Å². The second kappa shape index (κ2) is 1.99. The van der Waals surface area contributed by atoms with Crippen LogP contribution >= 0.6 is 12.6 Å². The Hall–Kier alpha value is 0.350. The van der Waals surface area contributed by atoms with Gasteiger partial charge in [0.05, 0.1) is 0 Å². The lowest BCUT2D eigenvalue weighted by Gasteiger charge is -2.67. The number of rotatable bonds is 0. The molecule has 11 heavy (non-hydrogen) atoms. The molecule has 0 amide bonds. The summed E-state index contributed by atoms with van der Waals surface area (Å²) >= 11 is 4.68. The van der Waals surface area contributed by atoms with Crippen LogP contribution in [0.25, 0.3) is 0 Å². The summed E-state index contributed by atoms with van der Waals surface area (Å²) in [6.07, 6.45) is 4.27. The highest BCUT2D eigenvalue weighted by Gasteiger charge is 2.62. The molecule has 0 nitrogen and oxygen atoms in total. The van der Waals surface area contributed by atoms with Crippen molar-refractivity contribution in [2.24, 2.45) is 17.3 Å². The molecule has 3 unspecified atom stereocenters. The summed E-state index contributed by atoms with van der Waals surface area (Å²) in [6.45, 7) is 7.08. The Labute approximate surface area is 75.2 Å². The molecular weight excluding hydrogens is 152 g/mol. The molecule has 0 heterocycles. The smallest absolute Gasteiger partial charge is 0.0138 e. The third-order valence-corrected chi connectivity index (χ3v) is 5.05. The Kier molecular flexibility index (Phi) is 1.44. The fraction of sp³-hybridized carbons (Fsp3) is 1.00. The number of hydrogen-bond acceptors (Lipinski definition) is 1. The summed E-state index contributed by atoms with van der Waals surface area (Å²) in [5, 5.41) is 0. The molecule has 2 saturated carbocycles. The lowest BCUT2D eigenvalue weighted by atomic mass is 9.41. The Morgan fingerprint density at radius 2 is 2.00 bits per heavy atom. The normalized spacial score (nSPS) is 62.2. The zero-order valence-corrected chi connectivity index (χ0v) is 8.62. The summed E-state index contributed by atoms with van der Waals surface area (Å²) in [7, 11) is 0. The summed E-state index contributed by atoms with van der Waals surface area (Å²) in [6, 6.07) is 0. The minimum absolute atomic E-state index is 0.342. The van der Waals surface area contributed by atoms with Gasteiger partial charge in [-0.25, -0.2) is 0 Å². The van der Waals surface area contributed by atoms with Gasteiger partial charge >= 0.3 is 0 Å². The highest BCUT2D eigenvalue weighted by molar-refractivity contribution is 7.81. The first kappa shape index (κ1) is 7.97. The number of hydrogen-bond donors (Lipinski definition) is 1. The topological polar surface area (TPSA) is 0 Å². The van der Waals surface area contributed by atoms with Crippen molar-refractivity contribution in [2.75, 3.05) is 0 Å². The number of thiol groups is 1. The SMILES string of the molecule is CC1CC[C@@]12CC(C)(S)C2C. The van der Waals surface area contributed by atoms with Gasteiger partial charge in [-0.3, -0.25) is 0 Å². The van der Waals surface area contributed by atoms with E-state index in [-0.39, 0.29) is 0 Å². The molecule has 2 fully saturated rings. The lowest BCUT2D eigenvalue weighted by Crippen LogP contribution is -2.62. The van der Waals surface area contributed by atoms with Gasteiger partial charge < -0.3 is 0 Å². The Bertz CT molecular complexity index is 185. The van der Waals surface area contributed by atoms with Crippen LogP contribution in [-0.2, 0) is 0 Å². The predicted molar refractivity (Wildman–Crippen MR) is 52.0 cm³/mol. The molecule has 0 aliphatic heterocycles. The molecule has 0 N–H and O–H groups in total. The molecule has 0 bridgehead atoms. The molecule has 64 valence electrons. The van der Waals surface area contributed by atoms with E-state index in [0.717, 1.165) is 17.3 Å². The molecule has 1 spiro atoms. The first-order chi connectivity index (χ1) is 4.99. The maximum Gasteiger partial charge on any atom is 0.0138 e. The monoisotopic (exact) mass is 170 g/mol. The fourth-order valence-electron chi connectivity index (χ4n) is 3.17. The molecule has 2 rings (SSSR count). The maximum absolute atomic E-state index is 4.68. The molecule has 2 aliphatic carbocycles. The van der Waals surface area contributed by atoms with Crippen molar-refractivity contribution in [3.63, 3.8) is 0 Å². The third-order valence-electron chi connectivity index (χ3n) is 4.51. The van der Waals surface area contributed by atoms with Crippen LogP contribution in [0.2, 0.25) is 0 Å². The van der Waals surface area contributed by atoms with Crippen molar-refractivity contribution in [3.8, 4) is 0 Å². The van der Waals surface area contributed by atoms with E-state index in [0.29, 0.717) is 4.75 Å². The van der Waals surface area contributed by atoms with Gasteiger partial charge in [-0.2, -0.15) is 12.6 Å². The standard InChI is InChI=1S/C10H18S/c1-7-4-5-10(7)6-9(3,11)8(10)2/h7-8,11H,4-6H2,1-3H3/t7?,8?,9?,10-/m1/s1. The highest BCUT2D eigenvalue weighted by atomic mass is 32.1. The highest BCUT2D eigenvalue weighted by Crippen LogP contribution is 2.68. The molecule has 0 radical (unpaired) electrons. The molecule has 4 atom stereocenters. The van der Waals surface area contributed by atoms with Crippen LogP contribution < -0.4 is 0 Å². The van der Waals surface area contributed by atoms with E-state index in [2.05, 4.69) is 33.4 Å². The zero-order chi connectivity index (χ0) is 8.28. The van der Waals surface area contributed by atoms with Gasteiger partial charge in [-0.05, 0) is 36.5 Å². The van der Waals surface area contributed by atoms with E-state index in [4.69, 9.17) is 0 Å². The maximum atomic E-state index is 4.68. The van der Waals surface area contributed by atoms with E-state index < -0.39 is 0 Å². The summed E-state index contributed by atoms with van der Waals surface area (Å²) in [5.41, 5.74) is 0.719. The van der Waals surface area contributed by atoms with Crippen molar-refractivity contribution in [1.29, 1.82) is 0 Å². The van der Waals surface area contributed by atoms with Gasteiger partial charge in [0, 0.05) is 4.75 Å². The second-order valence-electron chi connectivity index (χ2n) is 4.93. The predicted octanol–water partition coefficient (Wildman–Crippen LogP) is 3.13. The van der Waals surface area contributed by atoms with Gasteiger partial charge in [0.25, 0.3) is 0 Å². The van der Waals surface area contributed by atoms with Crippen LogP contribution in [0.5, 0.6) is 0 Å².